The number of carboxylic acids is 1. The summed E-state index contributed by atoms with van der Waals surface area (Å²) in [5, 5.41) is 12.0. The summed E-state index contributed by atoms with van der Waals surface area (Å²) in [4.78, 5) is 24.7. The van der Waals surface area contributed by atoms with E-state index in [1.165, 1.54) is 0 Å². The van der Waals surface area contributed by atoms with Crippen molar-refractivity contribution >= 4 is 11.9 Å². The van der Waals surface area contributed by atoms with Crippen molar-refractivity contribution in [1.29, 1.82) is 0 Å². The zero-order valence-corrected chi connectivity index (χ0v) is 12.3. The molecule has 0 spiro atoms. The van der Waals surface area contributed by atoms with Gasteiger partial charge < -0.3 is 10.4 Å². The molecule has 0 aliphatic rings. The second kappa shape index (κ2) is 6.73. The number of amides is 1. The van der Waals surface area contributed by atoms with E-state index in [9.17, 15) is 9.59 Å². The number of likely N-dealkylation sites (N-methyl/N-ethyl adjacent to an activating group) is 1. The Labute approximate surface area is 110 Å². The van der Waals surface area contributed by atoms with Gasteiger partial charge in [-0.2, -0.15) is 0 Å². The summed E-state index contributed by atoms with van der Waals surface area (Å²) in [6.45, 7) is 11.7. The van der Waals surface area contributed by atoms with Crippen molar-refractivity contribution in [2.45, 2.75) is 53.1 Å². The number of nitrogens with zero attached hydrogens (tertiary/aromatic N) is 1. The summed E-state index contributed by atoms with van der Waals surface area (Å²) >= 11 is 0. The van der Waals surface area contributed by atoms with Crippen LogP contribution >= 0.6 is 0 Å². The minimum absolute atomic E-state index is 0.0872. The van der Waals surface area contributed by atoms with Crippen molar-refractivity contribution in [3.05, 3.63) is 0 Å². The average molecular weight is 258 g/mol. The van der Waals surface area contributed by atoms with Crippen molar-refractivity contribution in [2.24, 2.45) is 5.92 Å². The van der Waals surface area contributed by atoms with Gasteiger partial charge in [0, 0.05) is 6.04 Å². The van der Waals surface area contributed by atoms with E-state index in [1.807, 2.05) is 27.7 Å². The number of carboxylic acid groups (broad SMARTS) is 1. The first-order chi connectivity index (χ1) is 8.12. The van der Waals surface area contributed by atoms with Gasteiger partial charge in [-0.15, -0.1) is 0 Å². The monoisotopic (exact) mass is 258 g/mol. The quantitative estimate of drug-likeness (QED) is 0.723. The van der Waals surface area contributed by atoms with Gasteiger partial charge in [0.15, 0.2) is 0 Å². The highest BCUT2D eigenvalue weighted by atomic mass is 16.4. The summed E-state index contributed by atoms with van der Waals surface area (Å²) in [6, 6.07) is 0.0872. The van der Waals surface area contributed by atoms with E-state index >= 15 is 0 Å². The predicted octanol–water partition coefficient (Wildman–Crippen LogP) is 1.33. The van der Waals surface area contributed by atoms with E-state index in [4.69, 9.17) is 5.11 Å². The fourth-order valence-corrected chi connectivity index (χ4v) is 1.48. The lowest BCUT2D eigenvalue weighted by molar-refractivity contribution is -0.150. The highest BCUT2D eigenvalue weighted by Crippen LogP contribution is 2.14. The van der Waals surface area contributed by atoms with E-state index in [2.05, 4.69) is 5.32 Å². The maximum absolute atomic E-state index is 11.9. The van der Waals surface area contributed by atoms with E-state index in [-0.39, 0.29) is 18.5 Å². The Balaban J connectivity index is 4.56. The van der Waals surface area contributed by atoms with Gasteiger partial charge in [-0.1, -0.05) is 20.8 Å². The minimum atomic E-state index is -1.03. The van der Waals surface area contributed by atoms with Gasteiger partial charge in [-0.05, 0) is 33.2 Å². The lowest BCUT2D eigenvalue weighted by Crippen LogP contribution is -2.54. The number of nitrogens with one attached hydrogen (secondary N) is 1. The molecule has 0 aliphatic carbocycles. The normalized spacial score (nSPS) is 13.8. The van der Waals surface area contributed by atoms with Crippen LogP contribution in [0.15, 0.2) is 0 Å². The molecule has 106 valence electrons. The summed E-state index contributed by atoms with van der Waals surface area (Å²) < 4.78 is 0. The van der Waals surface area contributed by atoms with Crippen molar-refractivity contribution in [1.82, 2.24) is 10.2 Å². The first kappa shape index (κ1) is 16.9. The fourth-order valence-electron chi connectivity index (χ4n) is 1.48. The number of carbonyl (C=O) groups is 2. The van der Waals surface area contributed by atoms with Crippen LogP contribution in [-0.4, -0.2) is 46.6 Å². The molecule has 5 heteroatoms. The molecule has 0 heterocycles. The van der Waals surface area contributed by atoms with E-state index in [0.717, 1.165) is 0 Å². The fraction of sp³-hybridized carbons (Fsp3) is 0.846. The number of hydrogen-bond donors (Lipinski definition) is 2. The van der Waals surface area contributed by atoms with Crippen LogP contribution in [0, 0.1) is 5.92 Å². The minimum Gasteiger partial charge on any atom is -0.480 e. The van der Waals surface area contributed by atoms with E-state index in [0.29, 0.717) is 12.5 Å². The standard InChI is InChI=1S/C13H26N2O3/c1-7-15(13(5,6)12(17)18)8-11(16)14-10(4)9(2)3/h9-10H,7-8H2,1-6H3,(H,14,16)(H,17,18). The smallest absolute Gasteiger partial charge is 0.323 e. The van der Waals surface area contributed by atoms with Crippen LogP contribution in [0.5, 0.6) is 0 Å². The molecule has 5 nitrogen and oxygen atoms in total. The molecule has 0 aliphatic heterocycles. The van der Waals surface area contributed by atoms with Crippen LogP contribution < -0.4 is 5.32 Å². The van der Waals surface area contributed by atoms with E-state index < -0.39 is 11.5 Å². The third-order valence-corrected chi connectivity index (χ3v) is 3.42. The molecule has 0 saturated carbocycles. The first-order valence-corrected chi connectivity index (χ1v) is 6.40. The van der Waals surface area contributed by atoms with Gasteiger partial charge in [-0.25, -0.2) is 0 Å². The number of carbonyl (C=O) groups excluding carboxylic acids is 1. The Morgan fingerprint density at radius 2 is 1.78 bits per heavy atom. The lowest BCUT2D eigenvalue weighted by Gasteiger charge is -2.33. The van der Waals surface area contributed by atoms with Gasteiger partial charge >= 0.3 is 5.97 Å². The summed E-state index contributed by atoms with van der Waals surface area (Å²) in [6.07, 6.45) is 0. The summed E-state index contributed by atoms with van der Waals surface area (Å²) in [5.74, 6) is -0.696. The molecule has 0 aromatic carbocycles. The summed E-state index contributed by atoms with van der Waals surface area (Å²) in [5.41, 5.74) is -1.03. The SMILES string of the molecule is CCN(CC(=O)NC(C)C(C)C)C(C)(C)C(=O)O. The van der Waals surface area contributed by atoms with Crippen LogP contribution in [-0.2, 0) is 9.59 Å². The zero-order valence-electron chi connectivity index (χ0n) is 12.3. The molecule has 0 radical (unpaired) electrons. The molecule has 1 atom stereocenters. The molecule has 0 saturated heterocycles. The van der Waals surface area contributed by atoms with Crippen molar-refractivity contribution in [2.75, 3.05) is 13.1 Å². The van der Waals surface area contributed by atoms with Gasteiger partial charge in [0.25, 0.3) is 0 Å². The van der Waals surface area contributed by atoms with Crippen LogP contribution in [0.25, 0.3) is 0 Å². The van der Waals surface area contributed by atoms with Crippen LogP contribution in [0.1, 0.15) is 41.5 Å². The third-order valence-electron chi connectivity index (χ3n) is 3.42. The van der Waals surface area contributed by atoms with E-state index in [1.54, 1.807) is 18.7 Å². The zero-order chi connectivity index (χ0) is 14.5. The Bertz CT molecular complexity index is 301. The lowest BCUT2D eigenvalue weighted by atomic mass is 10.0. The molecule has 0 aromatic rings. The maximum Gasteiger partial charge on any atom is 0.323 e. The van der Waals surface area contributed by atoms with Crippen LogP contribution in [0.4, 0.5) is 0 Å². The predicted molar refractivity (Wildman–Crippen MR) is 71.4 cm³/mol. The van der Waals surface area contributed by atoms with Crippen LogP contribution in [0.3, 0.4) is 0 Å². The van der Waals surface area contributed by atoms with Crippen molar-refractivity contribution in [3.63, 3.8) is 0 Å². The van der Waals surface area contributed by atoms with Gasteiger partial charge in [0.1, 0.15) is 5.54 Å². The van der Waals surface area contributed by atoms with Gasteiger partial charge in [0.2, 0.25) is 5.91 Å². The molecule has 1 unspecified atom stereocenters. The molecule has 18 heavy (non-hydrogen) atoms. The Morgan fingerprint density at radius 3 is 2.11 bits per heavy atom. The second-order valence-corrected chi connectivity index (χ2v) is 5.48. The highest BCUT2D eigenvalue weighted by molar-refractivity contribution is 5.81. The molecule has 0 aromatic heterocycles. The number of aliphatic carboxylic acids is 1. The maximum atomic E-state index is 11.9. The van der Waals surface area contributed by atoms with Crippen molar-refractivity contribution in [3.8, 4) is 0 Å². The van der Waals surface area contributed by atoms with Crippen LogP contribution in [0.2, 0.25) is 0 Å². The molecule has 0 fully saturated rings. The molecular weight excluding hydrogens is 232 g/mol. The molecular formula is C13H26N2O3. The summed E-state index contributed by atoms with van der Waals surface area (Å²) in [7, 11) is 0. The largest absolute Gasteiger partial charge is 0.480 e. The Morgan fingerprint density at radius 1 is 1.28 bits per heavy atom. The molecule has 2 N–H and O–H groups in total. The first-order valence-electron chi connectivity index (χ1n) is 6.40. The number of rotatable bonds is 7. The number of hydrogen-bond acceptors (Lipinski definition) is 3. The topological polar surface area (TPSA) is 69.6 Å². The molecule has 0 rings (SSSR count). The molecule has 0 bridgehead atoms. The second-order valence-electron chi connectivity index (χ2n) is 5.48. The molecule has 1 amide bonds. The third kappa shape index (κ3) is 4.64. The highest BCUT2D eigenvalue weighted by Gasteiger charge is 2.34. The van der Waals surface area contributed by atoms with Gasteiger partial charge in [0.05, 0.1) is 6.54 Å². The Kier molecular flexibility index (Phi) is 6.32. The van der Waals surface area contributed by atoms with Crippen molar-refractivity contribution < 1.29 is 14.7 Å². The van der Waals surface area contributed by atoms with Gasteiger partial charge in [-0.3, -0.25) is 14.5 Å². The average Bonchev–Trinajstić information content (AvgIpc) is 2.24. The Hall–Kier alpha value is -1.10.